The van der Waals surface area contributed by atoms with Gasteiger partial charge >= 0.3 is 7.60 Å². The van der Waals surface area contributed by atoms with Gasteiger partial charge in [-0.05, 0) is 42.0 Å². The third-order valence-corrected chi connectivity index (χ3v) is 5.97. The van der Waals surface area contributed by atoms with E-state index in [0.29, 0.717) is 29.2 Å². The molecule has 9 heteroatoms. The first-order chi connectivity index (χ1) is 14.5. The molecule has 1 unspecified atom stereocenters. The predicted molar refractivity (Wildman–Crippen MR) is 116 cm³/mol. The van der Waals surface area contributed by atoms with Crippen molar-refractivity contribution in [1.29, 1.82) is 0 Å². The zero-order valence-corrected chi connectivity index (χ0v) is 16.8. The van der Waals surface area contributed by atoms with E-state index in [1.165, 1.54) is 0 Å². The standard InChI is InChI=1S/C21H21N4O4P/c22-21(23)25-17-13-11-16(12-14-17)20(24-15-26)30(27,28-18-7-3-1-4-8-18)29-19-9-5-2-6-10-19/h1-15,20H,(H,24,26)(H4,22,23,25). The summed E-state index contributed by atoms with van der Waals surface area (Å²) < 4.78 is 25.6. The predicted octanol–water partition coefficient (Wildman–Crippen LogP) is 3.69. The third-order valence-electron chi connectivity index (χ3n) is 3.96. The number of nitrogens with zero attached hydrogens (tertiary/aromatic N) is 1. The van der Waals surface area contributed by atoms with Crippen LogP contribution in [0, 0.1) is 0 Å². The molecular formula is C21H21N4O4P. The number of benzene rings is 3. The van der Waals surface area contributed by atoms with E-state index in [9.17, 15) is 9.36 Å². The summed E-state index contributed by atoms with van der Waals surface area (Å²) >= 11 is 0. The van der Waals surface area contributed by atoms with Crippen LogP contribution in [-0.2, 0) is 9.36 Å². The highest BCUT2D eigenvalue weighted by molar-refractivity contribution is 7.55. The van der Waals surface area contributed by atoms with Crippen molar-refractivity contribution in [3.05, 3.63) is 90.5 Å². The van der Waals surface area contributed by atoms with Gasteiger partial charge in [0.15, 0.2) is 11.7 Å². The van der Waals surface area contributed by atoms with Gasteiger partial charge in [-0.15, -0.1) is 0 Å². The molecule has 0 radical (unpaired) electrons. The van der Waals surface area contributed by atoms with Crippen molar-refractivity contribution in [2.24, 2.45) is 16.5 Å². The van der Waals surface area contributed by atoms with E-state index in [-0.39, 0.29) is 5.96 Å². The van der Waals surface area contributed by atoms with Crippen molar-refractivity contribution in [2.75, 3.05) is 0 Å². The molecule has 30 heavy (non-hydrogen) atoms. The lowest BCUT2D eigenvalue weighted by Gasteiger charge is -2.27. The number of aliphatic imine (C=N–C) groups is 1. The number of carbonyl (C=O) groups is 1. The minimum atomic E-state index is -3.98. The van der Waals surface area contributed by atoms with Gasteiger partial charge in [0.2, 0.25) is 6.41 Å². The number of hydrogen-bond acceptors (Lipinski definition) is 5. The van der Waals surface area contributed by atoms with E-state index in [0.717, 1.165) is 0 Å². The van der Waals surface area contributed by atoms with Crippen molar-refractivity contribution in [3.8, 4) is 11.5 Å². The number of carbonyl (C=O) groups excluding carboxylic acids is 1. The lowest BCUT2D eigenvalue weighted by atomic mass is 10.2. The molecule has 0 saturated heterocycles. The first-order valence-corrected chi connectivity index (χ1v) is 10.6. The van der Waals surface area contributed by atoms with Crippen molar-refractivity contribution in [1.82, 2.24) is 5.32 Å². The molecule has 0 aliphatic rings. The number of para-hydroxylation sites is 2. The largest absolute Gasteiger partial charge is 0.457 e. The molecule has 0 spiro atoms. The SMILES string of the molecule is NC(N)=Nc1ccc(C(NC=O)P(=O)(Oc2ccccc2)Oc2ccccc2)cc1. The molecule has 0 fully saturated rings. The smallest absolute Gasteiger partial charge is 0.414 e. The van der Waals surface area contributed by atoms with Crippen LogP contribution < -0.4 is 25.8 Å². The fraction of sp³-hybridized carbons (Fsp3) is 0.0476. The summed E-state index contributed by atoms with van der Waals surface area (Å²) in [6.45, 7) is 0. The van der Waals surface area contributed by atoms with Crippen molar-refractivity contribution >= 4 is 25.7 Å². The Morgan fingerprint density at radius 2 is 1.37 bits per heavy atom. The van der Waals surface area contributed by atoms with E-state index in [1.807, 2.05) is 0 Å². The first kappa shape index (κ1) is 21.0. The van der Waals surface area contributed by atoms with Crippen LogP contribution in [0.25, 0.3) is 0 Å². The Balaban J connectivity index is 2.02. The van der Waals surface area contributed by atoms with Gasteiger partial charge < -0.3 is 25.8 Å². The third kappa shape index (κ3) is 5.40. The molecular weight excluding hydrogens is 403 g/mol. The van der Waals surface area contributed by atoms with Gasteiger partial charge in [-0.2, -0.15) is 0 Å². The number of nitrogens with one attached hydrogen (secondary N) is 1. The maximum absolute atomic E-state index is 14.0. The number of amides is 1. The van der Waals surface area contributed by atoms with Crippen LogP contribution in [0.2, 0.25) is 0 Å². The molecule has 1 atom stereocenters. The summed E-state index contributed by atoms with van der Waals surface area (Å²) in [5, 5.41) is 2.56. The van der Waals surface area contributed by atoms with E-state index >= 15 is 0 Å². The van der Waals surface area contributed by atoms with Crippen molar-refractivity contribution < 1.29 is 18.4 Å². The number of hydrogen-bond donors (Lipinski definition) is 3. The summed E-state index contributed by atoms with van der Waals surface area (Å²) in [4.78, 5) is 15.3. The van der Waals surface area contributed by atoms with Gasteiger partial charge in [0.25, 0.3) is 0 Å². The van der Waals surface area contributed by atoms with Crippen LogP contribution in [0.4, 0.5) is 5.69 Å². The zero-order valence-electron chi connectivity index (χ0n) is 15.9. The highest BCUT2D eigenvalue weighted by Crippen LogP contribution is 2.58. The number of nitrogens with two attached hydrogens (primary N) is 2. The summed E-state index contributed by atoms with van der Waals surface area (Å²) in [5.41, 5.74) is 11.8. The fourth-order valence-corrected chi connectivity index (χ4v) is 4.56. The molecule has 3 aromatic rings. The van der Waals surface area contributed by atoms with Gasteiger partial charge in [-0.3, -0.25) is 4.79 Å². The molecule has 0 heterocycles. The van der Waals surface area contributed by atoms with Crippen LogP contribution in [-0.4, -0.2) is 12.4 Å². The quantitative estimate of drug-likeness (QED) is 0.208. The summed E-state index contributed by atoms with van der Waals surface area (Å²) in [5.74, 6) is -0.488. The molecule has 3 aromatic carbocycles. The molecule has 0 aliphatic heterocycles. The molecule has 8 nitrogen and oxygen atoms in total. The van der Waals surface area contributed by atoms with Crippen LogP contribution in [0.5, 0.6) is 11.5 Å². The number of rotatable bonds is 9. The molecule has 0 aromatic heterocycles. The van der Waals surface area contributed by atoms with E-state index < -0.39 is 13.4 Å². The lowest BCUT2D eigenvalue weighted by Crippen LogP contribution is -2.24. The van der Waals surface area contributed by atoms with Crippen LogP contribution in [0.1, 0.15) is 11.3 Å². The van der Waals surface area contributed by atoms with Crippen LogP contribution in [0.3, 0.4) is 0 Å². The molecule has 1 amide bonds. The topological polar surface area (TPSA) is 129 Å². The fourth-order valence-electron chi connectivity index (χ4n) is 2.70. The molecule has 0 bridgehead atoms. The Labute approximate surface area is 174 Å². The Kier molecular flexibility index (Phi) is 6.72. The summed E-state index contributed by atoms with van der Waals surface area (Å²) in [7, 11) is -3.98. The average molecular weight is 424 g/mol. The van der Waals surface area contributed by atoms with Crippen molar-refractivity contribution in [2.45, 2.75) is 5.78 Å². The molecule has 5 N–H and O–H groups in total. The number of guanidine groups is 1. The van der Waals surface area contributed by atoms with E-state index in [4.69, 9.17) is 20.5 Å². The monoisotopic (exact) mass is 424 g/mol. The zero-order chi connectivity index (χ0) is 21.4. The second kappa shape index (κ2) is 9.62. The highest BCUT2D eigenvalue weighted by Gasteiger charge is 2.40. The Morgan fingerprint density at radius 3 is 1.80 bits per heavy atom. The van der Waals surface area contributed by atoms with Crippen LogP contribution in [0.15, 0.2) is 89.9 Å². The van der Waals surface area contributed by atoms with E-state index in [2.05, 4.69) is 10.3 Å². The normalized spacial score (nSPS) is 11.7. The maximum Gasteiger partial charge on any atom is 0.457 e. The second-order valence-electron chi connectivity index (χ2n) is 6.16. The lowest BCUT2D eigenvalue weighted by molar-refractivity contribution is -0.109. The van der Waals surface area contributed by atoms with Gasteiger partial charge in [0.05, 0.1) is 5.69 Å². The average Bonchev–Trinajstić information content (AvgIpc) is 2.74. The first-order valence-electron chi connectivity index (χ1n) is 8.98. The highest BCUT2D eigenvalue weighted by atomic mass is 31.2. The Morgan fingerprint density at radius 1 is 0.867 bits per heavy atom. The second-order valence-corrected chi connectivity index (χ2v) is 8.12. The summed E-state index contributed by atoms with van der Waals surface area (Å²) in [6.07, 6.45) is 0.448. The van der Waals surface area contributed by atoms with Gasteiger partial charge in [-0.25, -0.2) is 9.56 Å². The van der Waals surface area contributed by atoms with Crippen LogP contribution >= 0.6 is 7.60 Å². The molecule has 0 saturated carbocycles. The molecule has 0 aliphatic carbocycles. The van der Waals surface area contributed by atoms with Gasteiger partial charge in [-0.1, -0.05) is 48.5 Å². The minimum absolute atomic E-state index is 0.0872. The van der Waals surface area contributed by atoms with Crippen molar-refractivity contribution in [3.63, 3.8) is 0 Å². The summed E-state index contributed by atoms with van der Waals surface area (Å²) in [6, 6.07) is 23.7. The van der Waals surface area contributed by atoms with Gasteiger partial charge in [0.1, 0.15) is 11.5 Å². The Bertz CT molecular complexity index is 994. The van der Waals surface area contributed by atoms with E-state index in [1.54, 1.807) is 84.9 Å². The maximum atomic E-state index is 14.0. The molecule has 154 valence electrons. The van der Waals surface area contributed by atoms with Gasteiger partial charge in [0, 0.05) is 0 Å². The Hall–Kier alpha value is -3.77. The minimum Gasteiger partial charge on any atom is -0.414 e. The molecule has 3 rings (SSSR count).